The Morgan fingerprint density at radius 2 is 1.96 bits per heavy atom. The van der Waals surface area contributed by atoms with Crippen molar-refractivity contribution >= 4 is 17.8 Å². The second kappa shape index (κ2) is 11.9. The summed E-state index contributed by atoms with van der Waals surface area (Å²) < 4.78 is 19.3. The fraction of sp³-hybridized carbons (Fsp3) is 0.541. The molecule has 45 heavy (non-hydrogen) atoms. The van der Waals surface area contributed by atoms with E-state index in [0.717, 1.165) is 23.2 Å². The number of rotatable bonds is 10. The summed E-state index contributed by atoms with van der Waals surface area (Å²) in [4.78, 5) is 43.9. The summed E-state index contributed by atoms with van der Waals surface area (Å²) in [5.41, 5.74) is 2.87. The van der Waals surface area contributed by atoms with Crippen molar-refractivity contribution < 1.29 is 28.6 Å². The second-order valence-electron chi connectivity index (χ2n) is 13.8. The number of hydrogen-bond acceptors (Lipinski definition) is 7. The van der Waals surface area contributed by atoms with Gasteiger partial charge in [-0.25, -0.2) is 0 Å². The summed E-state index contributed by atoms with van der Waals surface area (Å²) in [6.45, 7) is 15.3. The summed E-state index contributed by atoms with van der Waals surface area (Å²) in [5.74, 6) is 0.542. The molecule has 2 aliphatic carbocycles. The molecule has 2 aromatic rings. The van der Waals surface area contributed by atoms with Crippen LogP contribution >= 0.6 is 0 Å². The zero-order valence-electron chi connectivity index (χ0n) is 27.3. The van der Waals surface area contributed by atoms with Crippen LogP contribution in [0.4, 0.5) is 0 Å². The second-order valence-corrected chi connectivity index (χ2v) is 13.8. The number of esters is 2. The van der Waals surface area contributed by atoms with Gasteiger partial charge in [0, 0.05) is 45.5 Å². The minimum absolute atomic E-state index is 0.0752. The van der Waals surface area contributed by atoms with Gasteiger partial charge in [-0.15, -0.1) is 6.58 Å². The number of piperidine rings is 1. The maximum atomic E-state index is 14.2. The van der Waals surface area contributed by atoms with Gasteiger partial charge in [0.15, 0.2) is 11.5 Å². The number of amides is 1. The molecule has 8 heteroatoms. The van der Waals surface area contributed by atoms with Crippen molar-refractivity contribution in [1.29, 1.82) is 0 Å². The van der Waals surface area contributed by atoms with Crippen LogP contribution in [0.3, 0.4) is 0 Å². The Bertz CT molecular complexity index is 1520. The standard InChI is InChI=1S/C37H46N2O6/c1-7-18-38-19-17-36-33-28-12-13-30(43-25(5)40)34(33)44-35(36)29(15-16-37(36,31(38)21-28)45-26(6)41)39(22-23(2)3)32(42)14-11-27-10-8-9-24(4)20-27/h7-10,12-13,20,23,29,31,35H,1,11,14-19,21-22H2,2-6H3/t29?,31-,35?,36+,37-/m1/s1. The molecule has 6 rings (SSSR count). The first kappa shape index (κ1) is 31.3. The molecule has 240 valence electrons. The van der Waals surface area contributed by atoms with Gasteiger partial charge >= 0.3 is 11.9 Å². The van der Waals surface area contributed by atoms with E-state index in [2.05, 4.69) is 50.4 Å². The molecule has 2 aliphatic heterocycles. The first-order valence-corrected chi connectivity index (χ1v) is 16.4. The lowest BCUT2D eigenvalue weighted by Gasteiger charge is -2.65. The van der Waals surface area contributed by atoms with E-state index in [0.29, 0.717) is 63.1 Å². The lowest BCUT2D eigenvalue weighted by atomic mass is 9.48. The molecule has 2 bridgehead atoms. The van der Waals surface area contributed by atoms with Gasteiger partial charge < -0.3 is 19.1 Å². The largest absolute Gasteiger partial charge is 0.483 e. The van der Waals surface area contributed by atoms with Gasteiger partial charge in [0.05, 0.1) is 17.5 Å². The number of hydrogen-bond donors (Lipinski definition) is 0. The van der Waals surface area contributed by atoms with Gasteiger partial charge in [0.2, 0.25) is 5.91 Å². The Morgan fingerprint density at radius 1 is 1.16 bits per heavy atom. The number of carbonyl (C=O) groups excluding carboxylic acids is 3. The van der Waals surface area contributed by atoms with Crippen LogP contribution in [0.15, 0.2) is 49.1 Å². The van der Waals surface area contributed by atoms with Crippen LogP contribution in [0.1, 0.15) is 75.6 Å². The topological polar surface area (TPSA) is 85.4 Å². The zero-order valence-corrected chi connectivity index (χ0v) is 27.3. The summed E-state index contributed by atoms with van der Waals surface area (Å²) in [7, 11) is 0. The molecular weight excluding hydrogens is 568 g/mol. The molecule has 2 fully saturated rings. The minimum Gasteiger partial charge on any atom is -0.483 e. The number of carbonyl (C=O) groups is 3. The van der Waals surface area contributed by atoms with Crippen LogP contribution in [0.5, 0.6) is 11.5 Å². The van der Waals surface area contributed by atoms with E-state index in [4.69, 9.17) is 14.2 Å². The third-order valence-electron chi connectivity index (χ3n) is 10.4. The van der Waals surface area contributed by atoms with Gasteiger partial charge in [0.25, 0.3) is 0 Å². The minimum atomic E-state index is -0.859. The van der Waals surface area contributed by atoms with Gasteiger partial charge in [-0.3, -0.25) is 19.3 Å². The molecule has 0 N–H and O–H groups in total. The zero-order chi connectivity index (χ0) is 32.1. The van der Waals surface area contributed by atoms with Crippen molar-refractivity contribution in [2.75, 3.05) is 19.6 Å². The van der Waals surface area contributed by atoms with Gasteiger partial charge in [-0.05, 0) is 62.1 Å². The number of nitrogens with zero attached hydrogens (tertiary/aromatic N) is 2. The van der Waals surface area contributed by atoms with Crippen molar-refractivity contribution in [2.24, 2.45) is 5.92 Å². The summed E-state index contributed by atoms with van der Waals surface area (Å²) >= 11 is 0. The highest BCUT2D eigenvalue weighted by Gasteiger charge is 2.75. The number of aryl methyl sites for hydroxylation is 2. The molecular formula is C37H46N2O6. The SMILES string of the molecule is C=CCN1CC[C@]23c4c5ccc(OC(C)=O)c4OC2C(N(CC(C)C)C(=O)CCc2cccc(C)c2)CC[C@@]3(OC(C)=O)[C@H]1C5. The Kier molecular flexibility index (Phi) is 8.31. The van der Waals surface area contributed by atoms with E-state index < -0.39 is 23.1 Å². The number of likely N-dealkylation sites (tertiary alicyclic amines) is 1. The van der Waals surface area contributed by atoms with E-state index in [1.807, 2.05) is 29.2 Å². The molecule has 2 aromatic carbocycles. The molecule has 2 unspecified atom stereocenters. The highest BCUT2D eigenvalue weighted by Crippen LogP contribution is 2.67. The first-order valence-electron chi connectivity index (χ1n) is 16.4. The van der Waals surface area contributed by atoms with E-state index >= 15 is 0 Å². The monoisotopic (exact) mass is 614 g/mol. The fourth-order valence-electron chi connectivity index (χ4n) is 9.05. The van der Waals surface area contributed by atoms with E-state index in [1.54, 1.807) is 0 Å². The molecule has 2 heterocycles. The first-order chi connectivity index (χ1) is 21.5. The molecule has 1 saturated heterocycles. The lowest BCUT2D eigenvalue weighted by Crippen LogP contribution is -2.79. The highest BCUT2D eigenvalue weighted by molar-refractivity contribution is 5.78. The van der Waals surface area contributed by atoms with Crippen LogP contribution in [0.25, 0.3) is 0 Å². The fourth-order valence-corrected chi connectivity index (χ4v) is 9.05. The van der Waals surface area contributed by atoms with Gasteiger partial charge in [-0.1, -0.05) is 55.8 Å². The summed E-state index contributed by atoms with van der Waals surface area (Å²) in [5, 5.41) is 0. The molecule has 5 atom stereocenters. The third kappa shape index (κ3) is 5.15. The predicted octanol–water partition coefficient (Wildman–Crippen LogP) is 5.32. The smallest absolute Gasteiger partial charge is 0.308 e. The average molecular weight is 615 g/mol. The van der Waals surface area contributed by atoms with Crippen molar-refractivity contribution in [3.8, 4) is 11.5 Å². The number of ether oxygens (including phenoxy) is 3. The predicted molar refractivity (Wildman–Crippen MR) is 171 cm³/mol. The Balaban J connectivity index is 1.46. The van der Waals surface area contributed by atoms with Crippen LogP contribution in [-0.4, -0.2) is 71.1 Å². The van der Waals surface area contributed by atoms with Crippen molar-refractivity contribution in [3.05, 3.63) is 71.3 Å². The van der Waals surface area contributed by atoms with Crippen molar-refractivity contribution in [2.45, 2.75) is 102 Å². The lowest BCUT2D eigenvalue weighted by molar-refractivity contribution is -0.223. The van der Waals surface area contributed by atoms with Crippen LogP contribution in [0.2, 0.25) is 0 Å². The average Bonchev–Trinajstić information content (AvgIpc) is 3.32. The quantitative estimate of drug-likeness (QED) is 0.204. The maximum Gasteiger partial charge on any atom is 0.308 e. The molecule has 1 amide bonds. The Morgan fingerprint density at radius 3 is 2.64 bits per heavy atom. The maximum absolute atomic E-state index is 14.2. The molecule has 4 aliphatic rings. The molecule has 1 spiro atoms. The number of benzene rings is 2. The van der Waals surface area contributed by atoms with Crippen LogP contribution < -0.4 is 9.47 Å². The van der Waals surface area contributed by atoms with Crippen LogP contribution in [-0.2, 0) is 37.4 Å². The summed E-state index contributed by atoms with van der Waals surface area (Å²) in [6.07, 6.45) is 5.10. The molecule has 0 aromatic heterocycles. The van der Waals surface area contributed by atoms with Crippen molar-refractivity contribution in [3.63, 3.8) is 0 Å². The van der Waals surface area contributed by atoms with Crippen molar-refractivity contribution in [1.82, 2.24) is 9.80 Å². The van der Waals surface area contributed by atoms with Gasteiger partial charge in [-0.2, -0.15) is 0 Å². The highest BCUT2D eigenvalue weighted by atomic mass is 16.6. The Labute approximate surface area is 266 Å². The normalized spacial score (nSPS) is 27.7. The van der Waals surface area contributed by atoms with E-state index in [9.17, 15) is 14.4 Å². The van der Waals surface area contributed by atoms with Crippen LogP contribution in [0, 0.1) is 12.8 Å². The third-order valence-corrected chi connectivity index (χ3v) is 10.4. The Hall–Kier alpha value is -3.65. The van der Waals surface area contributed by atoms with E-state index in [-0.39, 0.29) is 29.9 Å². The molecule has 1 saturated carbocycles. The molecule has 0 radical (unpaired) electrons. The summed E-state index contributed by atoms with van der Waals surface area (Å²) in [6, 6.07) is 11.9. The van der Waals surface area contributed by atoms with E-state index in [1.165, 1.54) is 19.4 Å². The van der Waals surface area contributed by atoms with Gasteiger partial charge in [0.1, 0.15) is 11.7 Å². The molecule has 8 nitrogen and oxygen atoms in total.